The standard InChI is InChI=1S/C19H18ClF3N2O3S/c1-11(29-10-17(26)24-14-5-3-4-6-16(14)28-2)18(27)25-15-9-12(19(21,22)23)7-8-13(15)20/h3-9,11H,10H2,1-2H3,(H,24,26)(H,25,27). The van der Waals surface area contributed by atoms with Crippen LogP contribution in [0.2, 0.25) is 5.02 Å². The van der Waals surface area contributed by atoms with Crippen LogP contribution in [0.15, 0.2) is 42.5 Å². The lowest BCUT2D eigenvalue weighted by Gasteiger charge is -2.15. The zero-order valence-electron chi connectivity index (χ0n) is 15.5. The number of methoxy groups -OCH3 is 1. The molecule has 1 unspecified atom stereocenters. The Kier molecular flexibility index (Phi) is 7.80. The monoisotopic (exact) mass is 446 g/mol. The molecule has 0 saturated carbocycles. The van der Waals surface area contributed by atoms with Gasteiger partial charge in [-0.1, -0.05) is 23.7 Å². The quantitative estimate of drug-likeness (QED) is 0.623. The summed E-state index contributed by atoms with van der Waals surface area (Å²) in [7, 11) is 1.48. The van der Waals surface area contributed by atoms with Gasteiger partial charge in [0.15, 0.2) is 0 Å². The number of para-hydroxylation sites is 2. The van der Waals surface area contributed by atoms with E-state index in [1.54, 1.807) is 24.3 Å². The van der Waals surface area contributed by atoms with Crippen molar-refractivity contribution in [3.8, 4) is 5.75 Å². The maximum absolute atomic E-state index is 12.8. The molecule has 0 aliphatic heterocycles. The molecule has 2 rings (SSSR count). The molecule has 2 amide bonds. The number of amides is 2. The number of hydrogen-bond donors (Lipinski definition) is 2. The summed E-state index contributed by atoms with van der Waals surface area (Å²) in [6.45, 7) is 1.54. The van der Waals surface area contributed by atoms with Crippen LogP contribution in [0.5, 0.6) is 5.75 Å². The summed E-state index contributed by atoms with van der Waals surface area (Å²) in [6.07, 6.45) is -4.55. The Balaban J connectivity index is 1.93. The molecule has 2 aromatic carbocycles. The molecule has 5 nitrogen and oxygen atoms in total. The number of hydrogen-bond acceptors (Lipinski definition) is 4. The number of ether oxygens (including phenoxy) is 1. The van der Waals surface area contributed by atoms with E-state index in [0.29, 0.717) is 11.4 Å². The number of rotatable bonds is 7. The second-order valence-electron chi connectivity index (χ2n) is 5.88. The molecule has 0 aliphatic rings. The largest absolute Gasteiger partial charge is 0.495 e. The van der Waals surface area contributed by atoms with E-state index in [0.717, 1.165) is 30.0 Å². The Bertz CT molecular complexity index is 893. The molecule has 156 valence electrons. The number of thioether (sulfide) groups is 1. The van der Waals surface area contributed by atoms with Gasteiger partial charge in [0.2, 0.25) is 11.8 Å². The third-order valence-electron chi connectivity index (χ3n) is 3.77. The maximum Gasteiger partial charge on any atom is 0.416 e. The van der Waals surface area contributed by atoms with Gasteiger partial charge in [-0.15, -0.1) is 11.8 Å². The number of anilines is 2. The van der Waals surface area contributed by atoms with Gasteiger partial charge in [0.05, 0.1) is 40.1 Å². The molecular weight excluding hydrogens is 429 g/mol. The van der Waals surface area contributed by atoms with Crippen LogP contribution in [0.1, 0.15) is 12.5 Å². The maximum atomic E-state index is 12.8. The number of alkyl halides is 3. The molecule has 29 heavy (non-hydrogen) atoms. The smallest absolute Gasteiger partial charge is 0.416 e. The first-order valence-electron chi connectivity index (χ1n) is 8.34. The zero-order chi connectivity index (χ0) is 21.6. The highest BCUT2D eigenvalue weighted by molar-refractivity contribution is 8.01. The van der Waals surface area contributed by atoms with Gasteiger partial charge >= 0.3 is 6.18 Å². The summed E-state index contributed by atoms with van der Waals surface area (Å²) < 4.78 is 43.6. The van der Waals surface area contributed by atoms with Crippen LogP contribution in [0, 0.1) is 0 Å². The van der Waals surface area contributed by atoms with Crippen molar-refractivity contribution in [1.29, 1.82) is 0 Å². The van der Waals surface area contributed by atoms with Crippen LogP contribution in [-0.2, 0) is 15.8 Å². The lowest BCUT2D eigenvalue weighted by molar-refractivity contribution is -0.137. The number of benzene rings is 2. The summed E-state index contributed by atoms with van der Waals surface area (Å²) in [5.74, 6) is -0.462. The van der Waals surface area contributed by atoms with E-state index in [1.165, 1.54) is 14.0 Å². The minimum absolute atomic E-state index is 0.0162. The van der Waals surface area contributed by atoms with Gasteiger partial charge in [-0.05, 0) is 37.3 Å². The number of carbonyl (C=O) groups is 2. The predicted molar refractivity (Wildman–Crippen MR) is 109 cm³/mol. The molecule has 1 atom stereocenters. The summed E-state index contributed by atoms with van der Waals surface area (Å²) in [6, 6.07) is 9.53. The van der Waals surface area contributed by atoms with E-state index in [9.17, 15) is 22.8 Å². The fraction of sp³-hybridized carbons (Fsp3) is 0.263. The Labute approximate surface area is 175 Å². The molecule has 0 spiro atoms. The summed E-state index contributed by atoms with van der Waals surface area (Å²) >= 11 is 6.91. The van der Waals surface area contributed by atoms with Crippen molar-refractivity contribution >= 4 is 46.6 Å². The summed E-state index contributed by atoms with van der Waals surface area (Å²) in [5.41, 5.74) is -0.570. The minimum atomic E-state index is -4.55. The molecule has 0 aromatic heterocycles. The van der Waals surface area contributed by atoms with Gasteiger partial charge in [0, 0.05) is 0 Å². The van der Waals surface area contributed by atoms with Crippen molar-refractivity contribution < 1.29 is 27.5 Å². The fourth-order valence-electron chi connectivity index (χ4n) is 2.24. The van der Waals surface area contributed by atoms with Crippen LogP contribution in [0.4, 0.5) is 24.5 Å². The van der Waals surface area contributed by atoms with Gasteiger partial charge in [0.25, 0.3) is 0 Å². The molecule has 0 aliphatic carbocycles. The van der Waals surface area contributed by atoms with E-state index in [2.05, 4.69) is 10.6 Å². The van der Waals surface area contributed by atoms with Crippen LogP contribution in [0.25, 0.3) is 0 Å². The SMILES string of the molecule is COc1ccccc1NC(=O)CSC(C)C(=O)Nc1cc(C(F)(F)F)ccc1Cl. The lowest BCUT2D eigenvalue weighted by Crippen LogP contribution is -2.25. The second-order valence-corrected chi connectivity index (χ2v) is 7.62. The molecule has 0 radical (unpaired) electrons. The first kappa shape index (κ1) is 22.9. The molecule has 10 heteroatoms. The Hall–Kier alpha value is -2.39. The molecule has 2 aromatic rings. The van der Waals surface area contributed by atoms with Crippen molar-refractivity contribution in [2.45, 2.75) is 18.3 Å². The Morgan fingerprint density at radius 1 is 1.14 bits per heavy atom. The highest BCUT2D eigenvalue weighted by Gasteiger charge is 2.31. The third-order valence-corrected chi connectivity index (χ3v) is 5.24. The van der Waals surface area contributed by atoms with E-state index in [-0.39, 0.29) is 22.4 Å². The molecular formula is C19H18ClF3N2O3S. The predicted octanol–water partition coefficient (Wildman–Crippen LogP) is 5.07. The average molecular weight is 447 g/mol. The molecule has 2 N–H and O–H groups in total. The van der Waals surface area contributed by atoms with Crippen LogP contribution in [0.3, 0.4) is 0 Å². The van der Waals surface area contributed by atoms with Crippen molar-refractivity contribution in [1.82, 2.24) is 0 Å². The van der Waals surface area contributed by atoms with Gasteiger partial charge < -0.3 is 15.4 Å². The number of halogens is 4. The Morgan fingerprint density at radius 2 is 1.83 bits per heavy atom. The van der Waals surface area contributed by atoms with Gasteiger partial charge in [-0.25, -0.2) is 0 Å². The van der Waals surface area contributed by atoms with Gasteiger partial charge in [0.1, 0.15) is 5.75 Å². The van der Waals surface area contributed by atoms with E-state index < -0.39 is 22.9 Å². The first-order valence-corrected chi connectivity index (χ1v) is 9.76. The average Bonchev–Trinajstić information content (AvgIpc) is 2.67. The molecule has 0 heterocycles. The fourth-order valence-corrected chi connectivity index (χ4v) is 3.09. The molecule has 0 bridgehead atoms. The summed E-state index contributed by atoms with van der Waals surface area (Å²) in [4.78, 5) is 24.4. The van der Waals surface area contributed by atoms with Crippen molar-refractivity contribution in [3.05, 3.63) is 53.1 Å². The van der Waals surface area contributed by atoms with E-state index in [4.69, 9.17) is 16.3 Å². The highest BCUT2D eigenvalue weighted by Crippen LogP contribution is 2.34. The second kappa shape index (κ2) is 9.89. The van der Waals surface area contributed by atoms with Crippen LogP contribution < -0.4 is 15.4 Å². The van der Waals surface area contributed by atoms with Gasteiger partial charge in [-0.2, -0.15) is 13.2 Å². The van der Waals surface area contributed by atoms with Crippen molar-refractivity contribution in [2.24, 2.45) is 0 Å². The Morgan fingerprint density at radius 3 is 2.48 bits per heavy atom. The molecule has 0 saturated heterocycles. The number of nitrogens with one attached hydrogen (secondary N) is 2. The topological polar surface area (TPSA) is 67.4 Å². The summed E-state index contributed by atoms with van der Waals surface area (Å²) in [5, 5.41) is 4.33. The van der Waals surface area contributed by atoms with E-state index in [1.807, 2.05) is 0 Å². The van der Waals surface area contributed by atoms with Crippen molar-refractivity contribution in [3.63, 3.8) is 0 Å². The van der Waals surface area contributed by atoms with Gasteiger partial charge in [-0.3, -0.25) is 9.59 Å². The zero-order valence-corrected chi connectivity index (χ0v) is 17.0. The molecule has 0 fully saturated rings. The minimum Gasteiger partial charge on any atom is -0.495 e. The first-order chi connectivity index (χ1) is 13.6. The third kappa shape index (κ3) is 6.57. The number of carbonyl (C=O) groups excluding carboxylic acids is 2. The highest BCUT2D eigenvalue weighted by atomic mass is 35.5. The lowest BCUT2D eigenvalue weighted by atomic mass is 10.2. The van der Waals surface area contributed by atoms with Crippen LogP contribution in [-0.4, -0.2) is 29.9 Å². The normalized spacial score (nSPS) is 12.2. The van der Waals surface area contributed by atoms with Crippen LogP contribution >= 0.6 is 23.4 Å². The van der Waals surface area contributed by atoms with E-state index >= 15 is 0 Å². The van der Waals surface area contributed by atoms with Crippen molar-refractivity contribution in [2.75, 3.05) is 23.5 Å².